The largest absolute Gasteiger partial charge is 0.448 e. The van der Waals surface area contributed by atoms with Gasteiger partial charge in [-0.05, 0) is 38.1 Å². The molecule has 8 heteroatoms. The van der Waals surface area contributed by atoms with E-state index in [1.54, 1.807) is 7.05 Å². The number of nitrogens with one attached hydrogen (secondary N) is 1. The summed E-state index contributed by atoms with van der Waals surface area (Å²) in [5.74, 6) is -2.36. The molecule has 0 saturated heterocycles. The van der Waals surface area contributed by atoms with Crippen molar-refractivity contribution >= 4 is 34.9 Å². The lowest BCUT2D eigenvalue weighted by molar-refractivity contribution is -0.123. The summed E-state index contributed by atoms with van der Waals surface area (Å²) < 4.78 is 20.2. The van der Waals surface area contributed by atoms with E-state index < -0.39 is 23.8 Å². The van der Waals surface area contributed by atoms with E-state index in [-0.39, 0.29) is 22.2 Å². The maximum atomic E-state index is 13.7. The first-order valence-corrected chi connectivity index (χ1v) is 7.71. The zero-order valence-electron chi connectivity index (χ0n) is 13.8. The van der Waals surface area contributed by atoms with Crippen molar-refractivity contribution in [1.82, 2.24) is 4.57 Å². The Morgan fingerprint density at radius 3 is 2.52 bits per heavy atom. The second-order valence-electron chi connectivity index (χ2n) is 5.44. The van der Waals surface area contributed by atoms with Crippen molar-refractivity contribution in [1.29, 1.82) is 0 Å². The third kappa shape index (κ3) is 4.45. The maximum absolute atomic E-state index is 13.7. The lowest BCUT2D eigenvalue weighted by Crippen LogP contribution is -2.30. The van der Waals surface area contributed by atoms with Crippen LogP contribution in [-0.2, 0) is 16.6 Å². The van der Waals surface area contributed by atoms with Crippen LogP contribution < -0.4 is 5.32 Å². The molecule has 0 spiro atoms. The Hall–Kier alpha value is -2.67. The number of halogens is 2. The van der Waals surface area contributed by atoms with Crippen LogP contribution in [0, 0.1) is 5.82 Å². The van der Waals surface area contributed by atoms with Crippen LogP contribution in [0.5, 0.6) is 0 Å². The number of benzene rings is 1. The van der Waals surface area contributed by atoms with Gasteiger partial charge in [-0.25, -0.2) is 9.18 Å². The predicted molar refractivity (Wildman–Crippen MR) is 90.3 cm³/mol. The number of aryl methyl sites for hydroxylation is 1. The van der Waals surface area contributed by atoms with Crippen LogP contribution >= 0.6 is 11.6 Å². The molecular weight excluding hydrogens is 351 g/mol. The number of ether oxygens (including phenoxy) is 1. The normalized spacial score (nSPS) is 11.7. The number of ketones is 1. The highest BCUT2D eigenvalue weighted by Crippen LogP contribution is 2.19. The first-order valence-electron chi connectivity index (χ1n) is 7.33. The Morgan fingerprint density at radius 2 is 1.96 bits per heavy atom. The summed E-state index contributed by atoms with van der Waals surface area (Å²) in [6.45, 7) is 2.73. The number of esters is 1. The molecule has 1 amide bonds. The third-order valence-electron chi connectivity index (χ3n) is 3.46. The van der Waals surface area contributed by atoms with E-state index in [9.17, 15) is 18.8 Å². The molecule has 0 aliphatic rings. The maximum Gasteiger partial charge on any atom is 0.355 e. The molecule has 1 N–H and O–H groups in total. The van der Waals surface area contributed by atoms with Crippen molar-refractivity contribution in [2.24, 2.45) is 7.05 Å². The van der Waals surface area contributed by atoms with Gasteiger partial charge in [-0.2, -0.15) is 0 Å². The van der Waals surface area contributed by atoms with Gasteiger partial charge in [0, 0.05) is 23.8 Å². The molecule has 0 aliphatic heterocycles. The second kappa shape index (κ2) is 7.48. The van der Waals surface area contributed by atoms with Gasteiger partial charge < -0.3 is 14.6 Å². The summed E-state index contributed by atoms with van der Waals surface area (Å²) >= 11 is 5.64. The van der Waals surface area contributed by atoms with Crippen molar-refractivity contribution < 1.29 is 23.5 Å². The third-order valence-corrected chi connectivity index (χ3v) is 3.70. The van der Waals surface area contributed by atoms with E-state index in [0.717, 1.165) is 6.07 Å². The zero-order valence-corrected chi connectivity index (χ0v) is 14.6. The number of rotatable bonds is 5. The van der Waals surface area contributed by atoms with Gasteiger partial charge >= 0.3 is 5.97 Å². The molecule has 1 atom stereocenters. The van der Waals surface area contributed by atoms with Crippen LogP contribution in [0.2, 0.25) is 5.02 Å². The van der Waals surface area contributed by atoms with Gasteiger partial charge in [0.05, 0.1) is 5.69 Å². The molecule has 0 radical (unpaired) electrons. The van der Waals surface area contributed by atoms with Crippen LogP contribution in [0.3, 0.4) is 0 Å². The molecular formula is C17H16ClFN2O4. The first-order chi connectivity index (χ1) is 11.7. The molecule has 0 aliphatic carbocycles. The Balaban J connectivity index is 2.05. The molecule has 1 heterocycles. The van der Waals surface area contributed by atoms with Gasteiger partial charge in [-0.3, -0.25) is 9.59 Å². The van der Waals surface area contributed by atoms with E-state index in [1.807, 2.05) is 0 Å². The number of aromatic nitrogens is 1. The zero-order chi connectivity index (χ0) is 18.7. The molecule has 6 nitrogen and oxygen atoms in total. The van der Waals surface area contributed by atoms with E-state index in [0.29, 0.717) is 5.56 Å². The number of hydrogen-bond acceptors (Lipinski definition) is 4. The average molecular weight is 367 g/mol. The predicted octanol–water partition coefficient (Wildman–Crippen LogP) is 3.20. The lowest BCUT2D eigenvalue weighted by Gasteiger charge is -2.14. The van der Waals surface area contributed by atoms with Crippen LogP contribution in [0.4, 0.5) is 10.1 Å². The molecule has 2 aromatic rings. The molecule has 0 saturated carbocycles. The fraction of sp³-hybridized carbons (Fsp3) is 0.235. The lowest BCUT2D eigenvalue weighted by atomic mass is 10.2. The molecule has 1 aromatic carbocycles. The van der Waals surface area contributed by atoms with Crippen molar-refractivity contribution in [3.05, 3.63) is 52.6 Å². The topological polar surface area (TPSA) is 77.4 Å². The second-order valence-corrected chi connectivity index (χ2v) is 5.88. The van der Waals surface area contributed by atoms with Gasteiger partial charge in [0.1, 0.15) is 11.5 Å². The van der Waals surface area contributed by atoms with Crippen LogP contribution in [0.1, 0.15) is 34.7 Å². The van der Waals surface area contributed by atoms with E-state index >= 15 is 0 Å². The van der Waals surface area contributed by atoms with Crippen LogP contribution in [-0.4, -0.2) is 28.3 Å². The van der Waals surface area contributed by atoms with Crippen molar-refractivity contribution in [2.45, 2.75) is 20.0 Å². The fourth-order valence-corrected chi connectivity index (χ4v) is 2.22. The Morgan fingerprint density at radius 1 is 1.28 bits per heavy atom. The molecule has 25 heavy (non-hydrogen) atoms. The Labute approximate surface area is 148 Å². The van der Waals surface area contributed by atoms with E-state index in [1.165, 1.54) is 42.8 Å². The summed E-state index contributed by atoms with van der Waals surface area (Å²) in [7, 11) is 1.58. The van der Waals surface area contributed by atoms with Crippen LogP contribution in [0.25, 0.3) is 0 Å². The minimum Gasteiger partial charge on any atom is -0.448 e. The first kappa shape index (κ1) is 18.7. The van der Waals surface area contributed by atoms with E-state index in [4.69, 9.17) is 16.3 Å². The highest BCUT2D eigenvalue weighted by Gasteiger charge is 2.22. The van der Waals surface area contributed by atoms with Gasteiger partial charge in [0.2, 0.25) is 0 Å². The molecule has 0 bridgehead atoms. The molecule has 0 unspecified atom stereocenters. The smallest absolute Gasteiger partial charge is 0.355 e. The highest BCUT2D eigenvalue weighted by atomic mass is 35.5. The number of Topliss-reactive ketones (excluding diaryl/α,β-unsaturated/α-hetero) is 1. The number of anilines is 1. The summed E-state index contributed by atoms with van der Waals surface area (Å²) in [6.07, 6.45) is 0.325. The summed E-state index contributed by atoms with van der Waals surface area (Å²) in [6, 6.07) is 5.17. The van der Waals surface area contributed by atoms with Crippen molar-refractivity contribution in [3.63, 3.8) is 0 Å². The van der Waals surface area contributed by atoms with Gasteiger partial charge in [0.25, 0.3) is 5.91 Å². The number of carbonyl (C=O) groups excluding carboxylic acids is 3. The SMILES string of the molecule is CC(=O)c1cc(C(=O)O[C@@H](C)C(=O)Nc2ccc(Cl)cc2F)n(C)c1. The quantitative estimate of drug-likeness (QED) is 0.651. The van der Waals surface area contributed by atoms with E-state index in [2.05, 4.69) is 5.32 Å². The number of nitrogens with zero attached hydrogens (tertiary/aromatic N) is 1. The summed E-state index contributed by atoms with van der Waals surface area (Å²) in [5.41, 5.74) is 0.410. The van der Waals surface area contributed by atoms with Gasteiger partial charge in [-0.1, -0.05) is 11.6 Å². The van der Waals surface area contributed by atoms with Crippen molar-refractivity contribution in [3.8, 4) is 0 Å². The minimum absolute atomic E-state index is 0.0740. The monoisotopic (exact) mass is 366 g/mol. The highest BCUT2D eigenvalue weighted by molar-refractivity contribution is 6.30. The number of hydrogen-bond donors (Lipinski definition) is 1. The number of carbonyl (C=O) groups is 3. The number of amides is 1. The molecule has 0 fully saturated rings. The van der Waals surface area contributed by atoms with Crippen molar-refractivity contribution in [2.75, 3.05) is 5.32 Å². The fourth-order valence-electron chi connectivity index (χ4n) is 2.06. The Kier molecular flexibility index (Phi) is 5.58. The van der Waals surface area contributed by atoms with Gasteiger partial charge in [0.15, 0.2) is 11.9 Å². The minimum atomic E-state index is -1.17. The Bertz CT molecular complexity index is 847. The summed E-state index contributed by atoms with van der Waals surface area (Å²) in [5, 5.41) is 2.52. The molecule has 2 rings (SSSR count). The standard InChI is InChI=1S/C17H16ClFN2O4/c1-9(22)11-6-15(21(3)8-11)17(24)25-10(2)16(23)20-14-5-4-12(18)7-13(14)19/h4-8,10H,1-3H3,(H,20,23)/t10-/m0/s1. The van der Waals surface area contributed by atoms with Crippen LogP contribution in [0.15, 0.2) is 30.5 Å². The molecule has 1 aromatic heterocycles. The summed E-state index contributed by atoms with van der Waals surface area (Å²) in [4.78, 5) is 35.6. The average Bonchev–Trinajstić information content (AvgIpc) is 2.92. The molecule has 132 valence electrons. The van der Waals surface area contributed by atoms with Gasteiger partial charge in [-0.15, -0.1) is 0 Å².